The molecule has 1 amide bonds. The molecule has 0 aromatic heterocycles. The largest absolute Gasteiger partial charge is 0.465 e. The van der Waals surface area contributed by atoms with Gasteiger partial charge in [-0.25, -0.2) is 17.6 Å². The Kier molecular flexibility index (Phi) is 8.04. The number of likely N-dealkylation sites (N-methyl/N-ethyl adjacent to an activating group) is 1. The van der Waals surface area contributed by atoms with Crippen molar-refractivity contribution in [3.05, 3.63) is 59.4 Å². The number of amides is 1. The van der Waals surface area contributed by atoms with Crippen molar-refractivity contribution in [3.8, 4) is 0 Å². The number of methoxy groups -OCH3 is 1. The number of carbonyl (C=O) groups excluding carboxylic acids is 2. The van der Waals surface area contributed by atoms with Gasteiger partial charge in [0.1, 0.15) is 5.82 Å². The molecule has 1 aliphatic rings. The van der Waals surface area contributed by atoms with Crippen molar-refractivity contribution in [1.82, 2.24) is 10.2 Å². The second-order valence-corrected chi connectivity index (χ2v) is 9.72. The molecule has 0 aliphatic carbocycles. The van der Waals surface area contributed by atoms with E-state index in [0.717, 1.165) is 56.5 Å². The molecular formula is C23H28FN3O5S. The second kappa shape index (κ2) is 10.8. The van der Waals surface area contributed by atoms with E-state index < -0.39 is 21.8 Å². The van der Waals surface area contributed by atoms with E-state index in [1.165, 1.54) is 19.2 Å². The van der Waals surface area contributed by atoms with Crippen LogP contribution < -0.4 is 10.0 Å². The van der Waals surface area contributed by atoms with E-state index in [9.17, 15) is 22.4 Å². The molecule has 2 aromatic carbocycles. The molecule has 8 nitrogen and oxygen atoms in total. The van der Waals surface area contributed by atoms with Crippen LogP contribution in [-0.2, 0) is 26.1 Å². The normalized spacial score (nSPS) is 17.1. The van der Waals surface area contributed by atoms with Crippen molar-refractivity contribution in [2.75, 3.05) is 25.4 Å². The number of hydrogen-bond donors (Lipinski definition) is 2. The van der Waals surface area contributed by atoms with Crippen LogP contribution in [0.3, 0.4) is 0 Å². The molecule has 0 bridgehead atoms. The minimum atomic E-state index is -4.02. The van der Waals surface area contributed by atoms with Gasteiger partial charge in [0.2, 0.25) is 5.91 Å². The lowest BCUT2D eigenvalue weighted by molar-refractivity contribution is -0.126. The maximum atomic E-state index is 13.2. The summed E-state index contributed by atoms with van der Waals surface area (Å²) in [5.41, 5.74) is 0.782. The summed E-state index contributed by atoms with van der Waals surface area (Å²) < 4.78 is 45.7. The summed E-state index contributed by atoms with van der Waals surface area (Å²) >= 11 is 0. The lowest BCUT2D eigenvalue weighted by Gasteiger charge is -2.24. The maximum absolute atomic E-state index is 13.2. The van der Waals surface area contributed by atoms with Gasteiger partial charge >= 0.3 is 5.97 Å². The summed E-state index contributed by atoms with van der Waals surface area (Å²) in [7, 11) is -0.869. The number of anilines is 1. The minimum Gasteiger partial charge on any atom is -0.465 e. The fourth-order valence-corrected chi connectivity index (χ4v) is 4.85. The number of ether oxygens (including phenoxy) is 1. The zero-order valence-electron chi connectivity index (χ0n) is 18.6. The van der Waals surface area contributed by atoms with Crippen LogP contribution in [0.15, 0.2) is 47.4 Å². The van der Waals surface area contributed by atoms with Crippen LogP contribution in [-0.4, -0.2) is 51.9 Å². The van der Waals surface area contributed by atoms with Gasteiger partial charge < -0.3 is 10.1 Å². The predicted octanol–water partition coefficient (Wildman–Crippen LogP) is 2.90. The molecule has 33 heavy (non-hydrogen) atoms. The molecule has 10 heteroatoms. The van der Waals surface area contributed by atoms with Crippen molar-refractivity contribution in [2.24, 2.45) is 0 Å². The van der Waals surface area contributed by atoms with Crippen LogP contribution in [0.4, 0.5) is 10.1 Å². The Labute approximate surface area is 193 Å². The molecular weight excluding hydrogens is 449 g/mol. The summed E-state index contributed by atoms with van der Waals surface area (Å²) in [5.74, 6) is -1.32. The van der Waals surface area contributed by atoms with Crippen molar-refractivity contribution in [2.45, 2.75) is 43.2 Å². The highest BCUT2D eigenvalue weighted by Crippen LogP contribution is 2.21. The Morgan fingerprint density at radius 2 is 1.85 bits per heavy atom. The first-order valence-electron chi connectivity index (χ1n) is 10.7. The van der Waals surface area contributed by atoms with Gasteiger partial charge in [-0.3, -0.25) is 14.4 Å². The molecule has 0 saturated carbocycles. The number of nitrogens with zero attached hydrogens (tertiary/aromatic N) is 1. The van der Waals surface area contributed by atoms with E-state index in [2.05, 4.69) is 10.0 Å². The van der Waals surface area contributed by atoms with Gasteiger partial charge in [0, 0.05) is 6.54 Å². The zero-order valence-corrected chi connectivity index (χ0v) is 19.5. The summed E-state index contributed by atoms with van der Waals surface area (Å²) in [5, 5.41) is 2.89. The number of esters is 1. The molecule has 1 saturated heterocycles. The number of sulfonamides is 1. The van der Waals surface area contributed by atoms with E-state index in [0.29, 0.717) is 5.56 Å². The minimum absolute atomic E-state index is 0.110. The Morgan fingerprint density at radius 1 is 1.12 bits per heavy atom. The van der Waals surface area contributed by atoms with Gasteiger partial charge in [-0.2, -0.15) is 0 Å². The van der Waals surface area contributed by atoms with Crippen molar-refractivity contribution < 1.29 is 27.1 Å². The number of halogens is 1. The van der Waals surface area contributed by atoms with E-state index in [1.807, 2.05) is 11.9 Å². The number of benzene rings is 2. The lowest BCUT2D eigenvalue weighted by atomic mass is 10.1. The highest BCUT2D eigenvalue weighted by molar-refractivity contribution is 7.92. The van der Waals surface area contributed by atoms with Crippen LogP contribution in [0.25, 0.3) is 0 Å². The Hall–Kier alpha value is -2.98. The molecule has 1 fully saturated rings. The van der Waals surface area contributed by atoms with Gasteiger partial charge in [-0.1, -0.05) is 12.8 Å². The molecule has 1 aliphatic heterocycles. The standard InChI is InChI=1S/C23H28FN3O5S/c1-27-11-5-3-4-6-21(27)22(28)25-15-16-12-17(23(29)32-2)14-19(13-16)26-33(30,31)20-9-7-18(24)8-10-20/h7-10,12-14,21,26H,3-6,11,15H2,1-2H3,(H,25,28)/t21-/m0/s1. The molecule has 178 valence electrons. The highest BCUT2D eigenvalue weighted by atomic mass is 32.2. The van der Waals surface area contributed by atoms with Crippen LogP contribution >= 0.6 is 0 Å². The summed E-state index contributed by atoms with van der Waals surface area (Å²) in [6.07, 6.45) is 3.90. The first kappa shape index (κ1) is 24.7. The molecule has 1 heterocycles. The number of hydrogen-bond acceptors (Lipinski definition) is 6. The number of carbonyl (C=O) groups is 2. The van der Waals surface area contributed by atoms with E-state index in [-0.39, 0.29) is 34.6 Å². The van der Waals surface area contributed by atoms with Crippen molar-refractivity contribution in [3.63, 3.8) is 0 Å². The fourth-order valence-electron chi connectivity index (χ4n) is 3.81. The topological polar surface area (TPSA) is 105 Å². The summed E-state index contributed by atoms with van der Waals surface area (Å²) in [6.45, 7) is 0.963. The quantitative estimate of drug-likeness (QED) is 0.594. The first-order chi connectivity index (χ1) is 15.7. The van der Waals surface area contributed by atoms with Gasteiger partial charge in [-0.15, -0.1) is 0 Å². The monoisotopic (exact) mass is 477 g/mol. The van der Waals surface area contributed by atoms with Gasteiger partial charge in [0.05, 0.1) is 29.3 Å². The third-order valence-corrected chi connectivity index (χ3v) is 6.98. The Balaban J connectivity index is 1.80. The first-order valence-corrected chi connectivity index (χ1v) is 12.2. The Morgan fingerprint density at radius 3 is 2.55 bits per heavy atom. The molecule has 3 rings (SSSR count). The van der Waals surface area contributed by atoms with E-state index in [1.54, 1.807) is 6.07 Å². The molecule has 1 atom stereocenters. The second-order valence-electron chi connectivity index (χ2n) is 8.03. The fraction of sp³-hybridized carbons (Fsp3) is 0.391. The van der Waals surface area contributed by atoms with Gasteiger partial charge in [0.25, 0.3) is 10.0 Å². The predicted molar refractivity (Wildman–Crippen MR) is 122 cm³/mol. The smallest absolute Gasteiger partial charge is 0.337 e. The average Bonchev–Trinajstić information content (AvgIpc) is 3.01. The van der Waals surface area contributed by atoms with E-state index >= 15 is 0 Å². The average molecular weight is 478 g/mol. The van der Waals surface area contributed by atoms with Gasteiger partial charge in [0.15, 0.2) is 0 Å². The van der Waals surface area contributed by atoms with Gasteiger partial charge in [-0.05, 0) is 74.5 Å². The molecule has 2 N–H and O–H groups in total. The summed E-state index contributed by atoms with van der Waals surface area (Å²) in [4.78, 5) is 26.8. The highest BCUT2D eigenvalue weighted by Gasteiger charge is 2.24. The number of likely N-dealkylation sites (tertiary alicyclic amines) is 1. The zero-order chi connectivity index (χ0) is 24.0. The van der Waals surface area contributed by atoms with Crippen LogP contribution in [0.5, 0.6) is 0 Å². The Bertz CT molecular complexity index is 1110. The van der Waals surface area contributed by atoms with Crippen LogP contribution in [0, 0.1) is 5.82 Å². The van der Waals surface area contributed by atoms with Crippen LogP contribution in [0.1, 0.15) is 41.6 Å². The molecule has 0 unspecified atom stereocenters. The molecule has 0 spiro atoms. The lowest BCUT2D eigenvalue weighted by Crippen LogP contribution is -2.44. The molecule has 2 aromatic rings. The third-order valence-electron chi connectivity index (χ3n) is 5.58. The SMILES string of the molecule is COC(=O)c1cc(CNC(=O)[C@@H]2CCCCCN2C)cc(NS(=O)(=O)c2ccc(F)cc2)c1. The molecule has 0 radical (unpaired) electrons. The number of rotatable bonds is 7. The summed E-state index contributed by atoms with van der Waals surface area (Å²) in [6, 6.07) is 8.57. The van der Waals surface area contributed by atoms with Crippen molar-refractivity contribution in [1.29, 1.82) is 0 Å². The third kappa shape index (κ3) is 6.52. The van der Waals surface area contributed by atoms with E-state index in [4.69, 9.17) is 4.74 Å². The number of nitrogens with one attached hydrogen (secondary N) is 2. The maximum Gasteiger partial charge on any atom is 0.337 e. The van der Waals surface area contributed by atoms with Crippen molar-refractivity contribution >= 4 is 27.6 Å². The van der Waals surface area contributed by atoms with Crippen LogP contribution in [0.2, 0.25) is 0 Å².